The molecular weight excluding hydrogens is 384 g/mol. The average Bonchev–Trinajstić information content (AvgIpc) is 3.14. The van der Waals surface area contributed by atoms with E-state index in [1.165, 1.54) is 11.0 Å². The number of nitrogens with zero attached hydrogens (tertiary/aromatic N) is 3. The largest absolute Gasteiger partial charge is 0.507 e. The molecule has 0 radical (unpaired) electrons. The summed E-state index contributed by atoms with van der Waals surface area (Å²) in [7, 11) is 1.66. The highest BCUT2D eigenvalue weighted by atomic mass is 16.5. The molecule has 30 heavy (non-hydrogen) atoms. The highest BCUT2D eigenvalue weighted by Gasteiger charge is 2.22. The number of benzene rings is 2. The van der Waals surface area contributed by atoms with Crippen LogP contribution in [0.3, 0.4) is 0 Å². The van der Waals surface area contributed by atoms with Crippen molar-refractivity contribution in [3.8, 4) is 5.75 Å². The third kappa shape index (κ3) is 3.61. The van der Waals surface area contributed by atoms with Crippen LogP contribution in [0.4, 0.5) is 11.4 Å². The van der Waals surface area contributed by atoms with Gasteiger partial charge >= 0.3 is 0 Å². The Morgan fingerprint density at radius 1 is 1.30 bits per heavy atom. The molecule has 0 aliphatic carbocycles. The maximum Gasteiger partial charge on any atom is 0.261 e. The number of aryl methyl sites for hydroxylation is 1. The first-order valence-corrected chi connectivity index (χ1v) is 9.95. The third-order valence-corrected chi connectivity index (χ3v) is 5.31. The number of nitrogens with one attached hydrogen (secondary N) is 1. The number of amides is 2. The topological polar surface area (TPSA) is 98.8 Å². The summed E-state index contributed by atoms with van der Waals surface area (Å²) in [6.45, 7) is 3.15. The predicted octanol–water partition coefficient (Wildman–Crippen LogP) is 2.86. The van der Waals surface area contributed by atoms with Crippen LogP contribution in [0, 0.1) is 0 Å². The third-order valence-electron chi connectivity index (χ3n) is 5.31. The van der Waals surface area contributed by atoms with Crippen molar-refractivity contribution in [2.75, 3.05) is 36.6 Å². The Morgan fingerprint density at radius 3 is 2.77 bits per heavy atom. The smallest absolute Gasteiger partial charge is 0.261 e. The predicted molar refractivity (Wildman–Crippen MR) is 114 cm³/mol. The summed E-state index contributed by atoms with van der Waals surface area (Å²) < 4.78 is 5.16. The van der Waals surface area contributed by atoms with Crippen LogP contribution in [0.1, 0.15) is 29.4 Å². The van der Waals surface area contributed by atoms with Gasteiger partial charge in [0.1, 0.15) is 12.4 Å². The quantitative estimate of drug-likeness (QED) is 0.676. The van der Waals surface area contributed by atoms with Crippen LogP contribution in [0.25, 0.3) is 10.9 Å². The van der Waals surface area contributed by atoms with Crippen molar-refractivity contribution < 1.29 is 19.4 Å². The Morgan fingerprint density at radius 2 is 2.07 bits per heavy atom. The molecule has 2 N–H and O–H groups in total. The standard InChI is InChI=1S/C22H24N4O4/c1-3-4-18-16-11-17(20(27)12-19(16)24-23-18)22(29)25(2)14-5-7-15(8-6-14)26-9-10-30-13-21(26)28/h5-8,11-12,27H,3-4,9-10,13H2,1-2H3,(H,23,24). The van der Waals surface area contributed by atoms with Gasteiger partial charge in [-0.1, -0.05) is 13.3 Å². The van der Waals surface area contributed by atoms with E-state index in [1.54, 1.807) is 42.3 Å². The van der Waals surface area contributed by atoms with E-state index >= 15 is 0 Å². The van der Waals surface area contributed by atoms with E-state index in [0.29, 0.717) is 24.4 Å². The Bertz CT molecular complexity index is 1090. The van der Waals surface area contributed by atoms with Gasteiger partial charge in [0.2, 0.25) is 0 Å². The molecule has 2 amide bonds. The zero-order valence-electron chi connectivity index (χ0n) is 17.0. The molecular formula is C22H24N4O4. The molecule has 8 nitrogen and oxygen atoms in total. The number of rotatable bonds is 5. The Hall–Kier alpha value is -3.39. The lowest BCUT2D eigenvalue weighted by Crippen LogP contribution is -2.41. The molecule has 4 rings (SSSR count). The number of hydrogen-bond acceptors (Lipinski definition) is 5. The molecule has 0 spiro atoms. The summed E-state index contributed by atoms with van der Waals surface area (Å²) >= 11 is 0. The average molecular weight is 408 g/mol. The summed E-state index contributed by atoms with van der Waals surface area (Å²) in [5.41, 5.74) is 3.22. The second-order valence-corrected chi connectivity index (χ2v) is 7.31. The minimum atomic E-state index is -0.326. The monoisotopic (exact) mass is 408 g/mol. The summed E-state index contributed by atoms with van der Waals surface area (Å²) in [6, 6.07) is 10.4. The van der Waals surface area contributed by atoms with Crippen molar-refractivity contribution in [3.05, 3.63) is 47.7 Å². The number of fused-ring (bicyclic) bond motifs is 1. The Balaban J connectivity index is 1.59. The first-order valence-electron chi connectivity index (χ1n) is 9.95. The number of ether oxygens (including phenoxy) is 1. The van der Waals surface area contributed by atoms with E-state index in [-0.39, 0.29) is 29.7 Å². The lowest BCUT2D eigenvalue weighted by Gasteiger charge is -2.27. The number of morpholine rings is 1. The molecule has 1 fully saturated rings. The zero-order chi connectivity index (χ0) is 21.3. The van der Waals surface area contributed by atoms with Gasteiger partial charge in [-0.05, 0) is 36.8 Å². The normalized spacial score (nSPS) is 14.3. The first-order chi connectivity index (χ1) is 14.5. The zero-order valence-corrected chi connectivity index (χ0v) is 17.0. The number of phenols is 1. The molecule has 3 aromatic rings. The number of H-pyrrole nitrogens is 1. The molecule has 1 aliphatic heterocycles. The highest BCUT2D eigenvalue weighted by Crippen LogP contribution is 2.29. The van der Waals surface area contributed by atoms with E-state index in [0.717, 1.165) is 29.6 Å². The van der Waals surface area contributed by atoms with E-state index < -0.39 is 0 Å². The molecule has 8 heteroatoms. The van der Waals surface area contributed by atoms with Crippen molar-refractivity contribution >= 4 is 34.1 Å². The van der Waals surface area contributed by atoms with E-state index in [2.05, 4.69) is 17.1 Å². The summed E-state index contributed by atoms with van der Waals surface area (Å²) in [6.07, 6.45) is 1.72. The van der Waals surface area contributed by atoms with Crippen LogP contribution in [-0.4, -0.2) is 53.9 Å². The van der Waals surface area contributed by atoms with E-state index in [1.807, 2.05) is 0 Å². The molecule has 2 heterocycles. The number of aromatic amines is 1. The second kappa shape index (κ2) is 8.16. The van der Waals surface area contributed by atoms with Gasteiger partial charge in [-0.3, -0.25) is 14.7 Å². The number of carbonyl (C=O) groups excluding carboxylic acids is 2. The van der Waals surface area contributed by atoms with Gasteiger partial charge in [-0.2, -0.15) is 5.10 Å². The fraction of sp³-hybridized carbons (Fsp3) is 0.318. The van der Waals surface area contributed by atoms with Crippen LogP contribution in [0.5, 0.6) is 5.75 Å². The minimum Gasteiger partial charge on any atom is -0.507 e. The van der Waals surface area contributed by atoms with Crippen molar-refractivity contribution in [1.82, 2.24) is 10.2 Å². The Labute approximate surface area is 174 Å². The van der Waals surface area contributed by atoms with E-state index in [4.69, 9.17) is 4.74 Å². The van der Waals surface area contributed by atoms with Gasteiger partial charge in [-0.15, -0.1) is 0 Å². The van der Waals surface area contributed by atoms with Crippen molar-refractivity contribution in [2.45, 2.75) is 19.8 Å². The minimum absolute atomic E-state index is 0.0793. The lowest BCUT2D eigenvalue weighted by atomic mass is 10.1. The molecule has 156 valence electrons. The van der Waals surface area contributed by atoms with Crippen LogP contribution in [0.2, 0.25) is 0 Å². The molecule has 0 saturated carbocycles. The molecule has 0 unspecified atom stereocenters. The fourth-order valence-corrected chi connectivity index (χ4v) is 3.65. The van der Waals surface area contributed by atoms with Gasteiger partial charge in [-0.25, -0.2) is 0 Å². The summed E-state index contributed by atoms with van der Waals surface area (Å²) in [4.78, 5) is 28.2. The lowest BCUT2D eigenvalue weighted by molar-refractivity contribution is -0.125. The van der Waals surface area contributed by atoms with Crippen LogP contribution in [-0.2, 0) is 16.0 Å². The van der Waals surface area contributed by atoms with Crippen LogP contribution >= 0.6 is 0 Å². The van der Waals surface area contributed by atoms with Gasteiger partial charge in [0, 0.05) is 36.4 Å². The Kier molecular flexibility index (Phi) is 5.41. The van der Waals surface area contributed by atoms with Gasteiger partial charge in [0.15, 0.2) is 0 Å². The number of carbonyl (C=O) groups is 2. The summed E-state index contributed by atoms with van der Waals surface area (Å²) in [5.74, 6) is -0.505. The number of aromatic nitrogens is 2. The van der Waals surface area contributed by atoms with Crippen molar-refractivity contribution in [3.63, 3.8) is 0 Å². The molecule has 2 aromatic carbocycles. The highest BCUT2D eigenvalue weighted by molar-refractivity contribution is 6.09. The van der Waals surface area contributed by atoms with Crippen molar-refractivity contribution in [2.24, 2.45) is 0 Å². The van der Waals surface area contributed by atoms with Gasteiger partial charge in [0.25, 0.3) is 11.8 Å². The number of anilines is 2. The van der Waals surface area contributed by atoms with Gasteiger partial charge < -0.3 is 19.6 Å². The summed E-state index contributed by atoms with van der Waals surface area (Å²) in [5, 5.41) is 18.4. The maximum absolute atomic E-state index is 13.1. The maximum atomic E-state index is 13.1. The number of hydrogen-bond donors (Lipinski definition) is 2. The van der Waals surface area contributed by atoms with Gasteiger partial charge in [0.05, 0.1) is 23.4 Å². The molecule has 1 saturated heterocycles. The fourth-order valence-electron chi connectivity index (χ4n) is 3.65. The van der Waals surface area contributed by atoms with Crippen LogP contribution in [0.15, 0.2) is 36.4 Å². The van der Waals surface area contributed by atoms with Crippen LogP contribution < -0.4 is 9.80 Å². The second-order valence-electron chi connectivity index (χ2n) is 7.31. The van der Waals surface area contributed by atoms with E-state index in [9.17, 15) is 14.7 Å². The van der Waals surface area contributed by atoms with Crippen molar-refractivity contribution in [1.29, 1.82) is 0 Å². The number of phenolic OH excluding ortho intramolecular Hbond substituents is 1. The number of aromatic hydroxyl groups is 1. The SMILES string of the molecule is CCCc1n[nH]c2cc(O)c(C(=O)N(C)c3ccc(N4CCOCC4=O)cc3)cc12. The first kappa shape index (κ1) is 19.9. The molecule has 0 atom stereocenters. The molecule has 0 bridgehead atoms. The molecule has 1 aliphatic rings. The molecule has 1 aromatic heterocycles.